The maximum Gasteiger partial charge on any atom is 0.472 e. The van der Waals surface area contributed by atoms with Crippen LogP contribution in [0.15, 0.2) is 122 Å². The van der Waals surface area contributed by atoms with Crippen molar-refractivity contribution in [2.24, 2.45) is 0 Å². The van der Waals surface area contributed by atoms with Crippen molar-refractivity contribution in [3.8, 4) is 0 Å². The number of phosphoric ester groups is 1. The second-order valence-corrected chi connectivity index (χ2v) is 18.4. The van der Waals surface area contributed by atoms with Crippen LogP contribution in [0.5, 0.6) is 0 Å². The maximum absolute atomic E-state index is 12.8. The van der Waals surface area contributed by atoms with Crippen molar-refractivity contribution in [3.63, 3.8) is 0 Å². The summed E-state index contributed by atoms with van der Waals surface area (Å²) < 4.78 is 39.2. The summed E-state index contributed by atoms with van der Waals surface area (Å²) in [7, 11) is -4.78. The van der Waals surface area contributed by atoms with Gasteiger partial charge in [0, 0.05) is 19.3 Å². The lowest BCUT2D eigenvalue weighted by molar-refractivity contribution is -0.161. The van der Waals surface area contributed by atoms with Crippen LogP contribution in [0.3, 0.4) is 0 Å². The lowest BCUT2D eigenvalue weighted by Crippen LogP contribution is -2.30. The van der Waals surface area contributed by atoms with Crippen LogP contribution in [0, 0.1) is 0 Å². The van der Waals surface area contributed by atoms with Gasteiger partial charge in [0.05, 0.1) is 19.8 Å². The van der Waals surface area contributed by atoms with Crippen LogP contribution in [0.2, 0.25) is 0 Å². The molecule has 0 aliphatic heterocycles. The molecule has 0 aromatic rings. The van der Waals surface area contributed by atoms with Gasteiger partial charge in [-0.15, -0.1) is 0 Å². The van der Waals surface area contributed by atoms with Gasteiger partial charge in [0.2, 0.25) is 0 Å². The lowest BCUT2D eigenvalue weighted by Gasteiger charge is -2.21. The van der Waals surface area contributed by atoms with Crippen LogP contribution in [0.1, 0.15) is 188 Å². The number of aliphatic hydroxyl groups is 1. The molecule has 0 bridgehead atoms. The Bertz CT molecular complexity index is 1630. The first-order valence-electron chi connectivity index (χ1n) is 26.4. The van der Waals surface area contributed by atoms with E-state index in [1.165, 1.54) is 44.9 Å². The second kappa shape index (κ2) is 51.2. The van der Waals surface area contributed by atoms with Crippen molar-refractivity contribution in [3.05, 3.63) is 122 Å². The van der Waals surface area contributed by atoms with Gasteiger partial charge in [-0.3, -0.25) is 23.4 Å². The zero-order valence-corrected chi connectivity index (χ0v) is 44.3. The molecule has 0 radical (unpaired) electrons. The largest absolute Gasteiger partial charge is 0.472 e. The Morgan fingerprint density at radius 1 is 0.414 bits per heavy atom. The molecule has 0 amide bonds. The fourth-order valence-corrected chi connectivity index (χ4v) is 7.24. The predicted octanol–water partition coefficient (Wildman–Crippen LogP) is 15.2. The minimum absolute atomic E-state index is 0.0252. The van der Waals surface area contributed by atoms with Crippen molar-refractivity contribution in [2.75, 3.05) is 26.4 Å². The summed E-state index contributed by atoms with van der Waals surface area (Å²) in [4.78, 5) is 48.2. The lowest BCUT2D eigenvalue weighted by atomic mass is 10.1. The van der Waals surface area contributed by atoms with Gasteiger partial charge in [0.25, 0.3) is 0 Å². The molecule has 0 aliphatic rings. The van der Waals surface area contributed by atoms with Crippen molar-refractivity contribution in [2.45, 2.75) is 200 Å². The number of phosphoric acid groups is 1. The average molecular weight is 997 g/mol. The number of hydrogen-bond donors (Lipinski definition) is 2. The van der Waals surface area contributed by atoms with E-state index in [-0.39, 0.29) is 19.3 Å². The van der Waals surface area contributed by atoms with Crippen molar-refractivity contribution >= 4 is 25.7 Å². The van der Waals surface area contributed by atoms with Crippen molar-refractivity contribution in [1.29, 1.82) is 0 Å². The molecule has 0 spiro atoms. The van der Waals surface area contributed by atoms with Gasteiger partial charge in [-0.05, 0) is 83.5 Å². The van der Waals surface area contributed by atoms with Crippen molar-refractivity contribution in [1.82, 2.24) is 0 Å². The van der Waals surface area contributed by atoms with Crippen LogP contribution in [0.4, 0.5) is 0 Å². The summed E-state index contributed by atoms with van der Waals surface area (Å²) in [6.45, 7) is 4.20. The normalized spacial score (nSPS) is 14.4. The quantitative estimate of drug-likeness (QED) is 0.0197. The molecular formula is C58H93O11P. The van der Waals surface area contributed by atoms with Gasteiger partial charge >= 0.3 is 25.7 Å². The molecule has 0 heterocycles. The topological polar surface area (TPSA) is 155 Å². The van der Waals surface area contributed by atoms with Crippen LogP contribution in [-0.2, 0) is 42.2 Å². The van der Waals surface area contributed by atoms with E-state index < -0.39 is 64.4 Å². The Balaban J connectivity index is 4.93. The van der Waals surface area contributed by atoms with E-state index in [2.05, 4.69) is 112 Å². The summed E-state index contributed by atoms with van der Waals surface area (Å²) in [5, 5.41) is 9.76. The molecule has 3 unspecified atom stereocenters. The summed E-state index contributed by atoms with van der Waals surface area (Å²) >= 11 is 0. The van der Waals surface area contributed by atoms with Crippen LogP contribution in [0.25, 0.3) is 0 Å². The van der Waals surface area contributed by atoms with E-state index in [0.717, 1.165) is 77.0 Å². The van der Waals surface area contributed by atoms with Crippen LogP contribution < -0.4 is 0 Å². The minimum atomic E-state index is -4.78. The molecule has 0 aromatic heterocycles. The standard InChI is InChI=1S/C58H93O11P/c1-4-7-10-13-16-19-22-24-25-26-27-28-29-31-33-35-38-41-44-47-56(60)65-51-55(69-58(62)49-46-43-40-37-34-30-23-20-17-14-11-8-5-2)53-67-70(63,64)66-52-54(50-59)68-57(61)48-45-42-39-36-32-21-18-15-12-9-6-3/h7-8,10-11,16-17,19-20,24-25,27-28,30-31,33-34,38,40-41,43,54-55,59H,4-6,9,12-15,18,21-23,26,29,32,35-37,39,42,44-53H2,1-3H3,(H,63,64)/b10-7-,11-8-,19-16-,20-17-,25-24-,28-27-,33-31-,34-30-,41-38-,43-40-. The third-order valence-electron chi connectivity index (χ3n) is 10.4. The Kier molecular flexibility index (Phi) is 48.2. The first-order valence-corrected chi connectivity index (χ1v) is 27.9. The summed E-state index contributed by atoms with van der Waals surface area (Å²) in [5.74, 6) is -1.68. The highest BCUT2D eigenvalue weighted by Gasteiger charge is 2.28. The Hall–Kier alpha value is -4.12. The number of allylic oxidation sites excluding steroid dienone is 20. The second-order valence-electron chi connectivity index (χ2n) is 16.9. The first-order chi connectivity index (χ1) is 34.2. The highest BCUT2D eigenvalue weighted by molar-refractivity contribution is 7.47. The van der Waals surface area contributed by atoms with E-state index in [1.807, 2.05) is 30.4 Å². The molecule has 3 atom stereocenters. The van der Waals surface area contributed by atoms with Crippen LogP contribution >= 0.6 is 7.82 Å². The van der Waals surface area contributed by atoms with Gasteiger partial charge in [-0.25, -0.2) is 4.57 Å². The van der Waals surface area contributed by atoms with Gasteiger partial charge in [0.15, 0.2) is 6.10 Å². The molecule has 396 valence electrons. The van der Waals surface area contributed by atoms with E-state index in [1.54, 1.807) is 0 Å². The number of rotatable bonds is 47. The van der Waals surface area contributed by atoms with E-state index >= 15 is 0 Å². The molecule has 0 rings (SSSR count). The van der Waals surface area contributed by atoms with Gasteiger partial charge in [-0.2, -0.15) is 0 Å². The molecule has 11 nitrogen and oxygen atoms in total. The van der Waals surface area contributed by atoms with Crippen molar-refractivity contribution < 1.29 is 52.2 Å². The molecule has 0 aromatic carbocycles. The third-order valence-corrected chi connectivity index (χ3v) is 11.4. The molecule has 12 heteroatoms. The molecule has 0 saturated carbocycles. The fourth-order valence-electron chi connectivity index (χ4n) is 6.45. The minimum Gasteiger partial charge on any atom is -0.462 e. The Morgan fingerprint density at radius 2 is 0.743 bits per heavy atom. The highest BCUT2D eigenvalue weighted by atomic mass is 31.2. The first kappa shape index (κ1) is 65.9. The number of carbonyl (C=O) groups is 3. The SMILES string of the molecule is CC/C=C\C/C=C\C/C=C\C/C=C\C/C=C\C/C=C\CCC(=O)OCC(COP(=O)(O)OCC(CO)OC(=O)CCCCCCCCCCCCC)OC(=O)CC/C=C\C/C=C\C/C=C\C/C=C\CC. The number of ether oxygens (including phenoxy) is 3. The number of unbranched alkanes of at least 4 members (excludes halogenated alkanes) is 10. The number of hydrogen-bond acceptors (Lipinski definition) is 10. The fraction of sp³-hybridized carbons (Fsp3) is 0.603. The molecule has 0 aliphatic carbocycles. The number of esters is 3. The van der Waals surface area contributed by atoms with Crippen LogP contribution in [-0.4, -0.2) is 66.5 Å². The van der Waals surface area contributed by atoms with E-state index in [0.29, 0.717) is 25.7 Å². The molecule has 0 fully saturated rings. The van der Waals surface area contributed by atoms with Gasteiger partial charge < -0.3 is 24.2 Å². The van der Waals surface area contributed by atoms with E-state index in [4.69, 9.17) is 23.3 Å². The zero-order chi connectivity index (χ0) is 51.3. The maximum atomic E-state index is 12.8. The van der Waals surface area contributed by atoms with Gasteiger partial charge in [-0.1, -0.05) is 206 Å². The molecule has 0 saturated heterocycles. The molecular weight excluding hydrogens is 904 g/mol. The molecule has 2 N–H and O–H groups in total. The smallest absolute Gasteiger partial charge is 0.462 e. The monoisotopic (exact) mass is 997 g/mol. The number of carbonyl (C=O) groups excluding carboxylic acids is 3. The van der Waals surface area contributed by atoms with Gasteiger partial charge in [0.1, 0.15) is 12.7 Å². The Labute approximate surface area is 424 Å². The summed E-state index contributed by atoms with van der Waals surface area (Å²) in [5.41, 5.74) is 0. The third kappa shape index (κ3) is 48.9. The summed E-state index contributed by atoms with van der Waals surface area (Å²) in [6.07, 6.45) is 62.1. The average Bonchev–Trinajstić information content (AvgIpc) is 3.35. The predicted molar refractivity (Wildman–Crippen MR) is 288 cm³/mol. The number of aliphatic hydroxyl groups excluding tert-OH is 1. The highest BCUT2D eigenvalue weighted by Crippen LogP contribution is 2.43. The summed E-state index contributed by atoms with van der Waals surface area (Å²) in [6, 6.07) is 0. The molecule has 70 heavy (non-hydrogen) atoms. The zero-order valence-electron chi connectivity index (χ0n) is 43.4. The Morgan fingerprint density at radius 3 is 1.14 bits per heavy atom. The van der Waals surface area contributed by atoms with E-state index in [9.17, 15) is 28.9 Å².